The molecule has 3 rings (SSSR count). The highest BCUT2D eigenvalue weighted by Gasteiger charge is 2.19. The van der Waals surface area contributed by atoms with Crippen molar-refractivity contribution in [1.82, 2.24) is 4.90 Å². The fourth-order valence-corrected chi connectivity index (χ4v) is 3.67. The van der Waals surface area contributed by atoms with E-state index in [2.05, 4.69) is 45.5 Å². The zero-order chi connectivity index (χ0) is 21.9. The zero-order valence-electron chi connectivity index (χ0n) is 19.2. The molecule has 0 aliphatic carbocycles. The number of nitrogens with zero attached hydrogens (tertiary/aromatic N) is 2. The molecule has 0 bridgehead atoms. The number of halogens is 1. The molecule has 1 aliphatic rings. The van der Waals surface area contributed by atoms with Crippen LogP contribution < -0.4 is 15.8 Å². The molecule has 0 radical (unpaired) electrons. The molecule has 0 atom stereocenters. The number of anilines is 1. The summed E-state index contributed by atoms with van der Waals surface area (Å²) >= 11 is 0. The monoisotopic (exact) mass is 552 g/mol. The predicted octanol–water partition coefficient (Wildman–Crippen LogP) is 4.89. The summed E-state index contributed by atoms with van der Waals surface area (Å²) in [5.74, 6) is 1.27. The Kier molecular flexibility index (Phi) is 11.8. The van der Waals surface area contributed by atoms with Crippen LogP contribution in [0.15, 0.2) is 59.6 Å². The Morgan fingerprint density at radius 2 is 1.78 bits per heavy atom. The third-order valence-electron chi connectivity index (χ3n) is 5.22. The quantitative estimate of drug-likeness (QED) is 0.190. The largest absolute Gasteiger partial charge is 0.491 e. The Morgan fingerprint density at radius 1 is 1.09 bits per heavy atom. The maximum atomic E-state index is 6.06. The zero-order valence-corrected chi connectivity index (χ0v) is 21.5. The van der Waals surface area contributed by atoms with Crippen LogP contribution in [0.1, 0.15) is 38.7 Å². The van der Waals surface area contributed by atoms with Crippen molar-refractivity contribution >= 4 is 35.6 Å². The van der Waals surface area contributed by atoms with Crippen LogP contribution in [0, 0.1) is 0 Å². The molecule has 6 nitrogen and oxygen atoms in total. The second-order valence-corrected chi connectivity index (χ2v) is 8.27. The second kappa shape index (κ2) is 14.3. The van der Waals surface area contributed by atoms with E-state index in [9.17, 15) is 0 Å². The van der Waals surface area contributed by atoms with Gasteiger partial charge in [0.25, 0.3) is 0 Å². The lowest BCUT2D eigenvalue weighted by molar-refractivity contribution is 0.00566. The SMILES string of the molecule is CC(C)Oc1ccc(NC(N)=NCCCOC2CCN(Cc3ccccc3)CC2)cc1.I. The van der Waals surface area contributed by atoms with Crippen molar-refractivity contribution in [3.05, 3.63) is 60.2 Å². The Bertz CT molecular complexity index is 791. The molecule has 1 fully saturated rings. The van der Waals surface area contributed by atoms with Crippen molar-refractivity contribution < 1.29 is 9.47 Å². The van der Waals surface area contributed by atoms with E-state index in [-0.39, 0.29) is 30.1 Å². The molecule has 0 aromatic heterocycles. The number of nitrogens with two attached hydrogens (primary N) is 1. The van der Waals surface area contributed by atoms with E-state index in [4.69, 9.17) is 15.2 Å². The summed E-state index contributed by atoms with van der Waals surface area (Å²) in [6.07, 6.45) is 3.58. The number of ether oxygens (including phenoxy) is 2. The van der Waals surface area contributed by atoms with Crippen molar-refractivity contribution in [1.29, 1.82) is 0 Å². The van der Waals surface area contributed by atoms with Crippen molar-refractivity contribution in [2.75, 3.05) is 31.6 Å². The van der Waals surface area contributed by atoms with Gasteiger partial charge in [0.2, 0.25) is 0 Å². The summed E-state index contributed by atoms with van der Waals surface area (Å²) in [5, 5.41) is 3.11. The first kappa shape index (κ1) is 26.4. The maximum absolute atomic E-state index is 6.06. The van der Waals surface area contributed by atoms with Crippen LogP contribution in [-0.4, -0.2) is 49.3 Å². The van der Waals surface area contributed by atoms with E-state index < -0.39 is 0 Å². The molecular weight excluding hydrogens is 515 g/mol. The van der Waals surface area contributed by atoms with Crippen molar-refractivity contribution in [3.8, 4) is 5.75 Å². The number of likely N-dealkylation sites (tertiary alicyclic amines) is 1. The molecule has 1 aliphatic heterocycles. The van der Waals surface area contributed by atoms with Gasteiger partial charge in [0.05, 0.1) is 12.2 Å². The first-order chi connectivity index (χ1) is 15.1. The van der Waals surface area contributed by atoms with E-state index >= 15 is 0 Å². The maximum Gasteiger partial charge on any atom is 0.193 e. The van der Waals surface area contributed by atoms with Crippen LogP contribution in [0.3, 0.4) is 0 Å². The highest BCUT2D eigenvalue weighted by Crippen LogP contribution is 2.17. The molecule has 0 spiro atoms. The van der Waals surface area contributed by atoms with Gasteiger partial charge < -0.3 is 20.5 Å². The van der Waals surface area contributed by atoms with Gasteiger partial charge in [-0.2, -0.15) is 0 Å². The first-order valence-corrected chi connectivity index (χ1v) is 11.3. The van der Waals surface area contributed by atoms with Crippen LogP contribution in [0.2, 0.25) is 0 Å². The van der Waals surface area contributed by atoms with Gasteiger partial charge in [-0.05, 0) is 62.9 Å². The van der Waals surface area contributed by atoms with Gasteiger partial charge >= 0.3 is 0 Å². The van der Waals surface area contributed by atoms with Crippen LogP contribution in [0.25, 0.3) is 0 Å². The molecule has 32 heavy (non-hydrogen) atoms. The van der Waals surface area contributed by atoms with E-state index in [1.165, 1.54) is 5.56 Å². The second-order valence-electron chi connectivity index (χ2n) is 8.27. The van der Waals surface area contributed by atoms with Gasteiger partial charge in [-0.25, -0.2) is 0 Å². The number of hydrogen-bond donors (Lipinski definition) is 2. The minimum absolute atomic E-state index is 0. The lowest BCUT2D eigenvalue weighted by atomic mass is 10.1. The molecule has 1 saturated heterocycles. The smallest absolute Gasteiger partial charge is 0.193 e. The Morgan fingerprint density at radius 3 is 2.44 bits per heavy atom. The van der Waals surface area contributed by atoms with Crippen LogP contribution in [0.5, 0.6) is 5.75 Å². The average Bonchev–Trinajstić information content (AvgIpc) is 2.76. The number of rotatable bonds is 10. The van der Waals surface area contributed by atoms with E-state index in [1.54, 1.807) is 0 Å². The van der Waals surface area contributed by atoms with Gasteiger partial charge in [0.15, 0.2) is 5.96 Å². The molecule has 2 aromatic carbocycles. The fourth-order valence-electron chi connectivity index (χ4n) is 3.67. The fraction of sp³-hybridized carbons (Fsp3) is 0.480. The molecule has 176 valence electrons. The topological polar surface area (TPSA) is 72.1 Å². The number of benzene rings is 2. The number of guanidine groups is 1. The summed E-state index contributed by atoms with van der Waals surface area (Å²) < 4.78 is 11.7. The number of hydrogen-bond acceptors (Lipinski definition) is 4. The van der Waals surface area contributed by atoms with Gasteiger partial charge in [-0.3, -0.25) is 9.89 Å². The van der Waals surface area contributed by atoms with E-state index in [0.717, 1.165) is 56.9 Å². The third kappa shape index (κ3) is 9.75. The predicted molar refractivity (Wildman–Crippen MR) is 143 cm³/mol. The highest BCUT2D eigenvalue weighted by molar-refractivity contribution is 14.0. The van der Waals surface area contributed by atoms with Gasteiger partial charge in [-0.1, -0.05) is 30.3 Å². The summed E-state index contributed by atoms with van der Waals surface area (Å²) in [6, 6.07) is 18.4. The van der Waals surface area contributed by atoms with Crippen LogP contribution in [-0.2, 0) is 11.3 Å². The van der Waals surface area contributed by atoms with Crippen LogP contribution >= 0.6 is 24.0 Å². The van der Waals surface area contributed by atoms with E-state index in [0.29, 0.717) is 18.6 Å². The molecule has 2 aromatic rings. The summed E-state index contributed by atoms with van der Waals surface area (Å²) in [7, 11) is 0. The van der Waals surface area contributed by atoms with Crippen LogP contribution in [0.4, 0.5) is 5.69 Å². The number of aliphatic imine (C=N–C) groups is 1. The highest BCUT2D eigenvalue weighted by atomic mass is 127. The van der Waals surface area contributed by atoms with Crippen molar-refractivity contribution in [3.63, 3.8) is 0 Å². The normalized spacial score (nSPS) is 15.4. The molecule has 0 amide bonds. The Labute approximate surface area is 209 Å². The van der Waals surface area contributed by atoms with Gasteiger partial charge in [-0.15, -0.1) is 24.0 Å². The lowest BCUT2D eigenvalue weighted by Gasteiger charge is -2.31. The number of piperidine rings is 1. The van der Waals surface area contributed by atoms with Crippen molar-refractivity contribution in [2.45, 2.75) is 51.9 Å². The molecule has 7 heteroatoms. The van der Waals surface area contributed by atoms with Gasteiger partial charge in [0.1, 0.15) is 5.75 Å². The molecular formula is C25H37IN4O2. The Hall–Kier alpha value is -1.84. The standard InChI is InChI=1S/C25H36N4O2.HI/c1-20(2)31-24-11-9-22(10-12-24)28-25(26)27-15-6-18-30-23-13-16-29(17-14-23)19-21-7-4-3-5-8-21;/h3-5,7-12,20,23H,6,13-19H2,1-2H3,(H3,26,27,28);1H. The Balaban J connectivity index is 0.00000363. The van der Waals surface area contributed by atoms with E-state index in [1.807, 2.05) is 38.1 Å². The minimum Gasteiger partial charge on any atom is -0.491 e. The third-order valence-corrected chi connectivity index (χ3v) is 5.22. The van der Waals surface area contributed by atoms with Crippen molar-refractivity contribution in [2.24, 2.45) is 10.7 Å². The molecule has 1 heterocycles. The van der Waals surface area contributed by atoms with Gasteiger partial charge in [0, 0.05) is 38.5 Å². The summed E-state index contributed by atoms with van der Waals surface area (Å²) in [6.45, 7) is 8.61. The number of nitrogens with one attached hydrogen (secondary N) is 1. The summed E-state index contributed by atoms with van der Waals surface area (Å²) in [5.41, 5.74) is 8.27. The average molecular weight is 553 g/mol. The first-order valence-electron chi connectivity index (χ1n) is 11.3. The molecule has 3 N–H and O–H groups in total. The minimum atomic E-state index is 0. The lowest BCUT2D eigenvalue weighted by Crippen LogP contribution is -2.36. The molecule has 0 saturated carbocycles. The summed E-state index contributed by atoms with van der Waals surface area (Å²) in [4.78, 5) is 6.90. The molecule has 0 unspecified atom stereocenters.